The molecular weight excluding hydrogens is 815 g/mol. The highest BCUT2D eigenvalue weighted by atomic mass is 79.9. The van der Waals surface area contributed by atoms with Crippen molar-refractivity contribution in [2.75, 3.05) is 50.2 Å². The van der Waals surface area contributed by atoms with Crippen LogP contribution in [-0.4, -0.2) is 77.5 Å². The Kier molecular flexibility index (Phi) is 12.6. The SMILES string of the molecule is Brc1cccnc1N1CC(c2ccc3ccccc3n2)C1.COc1cccc(-c2cccnc2N2CC(c3ccc4ccccc4n3)C2)c1.COc1cccc(B(O)O)c1. The molecule has 0 bridgehead atoms. The molecule has 2 aliphatic rings. The molecule has 0 spiro atoms. The number of para-hydroxylation sites is 2. The van der Waals surface area contributed by atoms with E-state index in [2.05, 4.69) is 108 Å². The van der Waals surface area contributed by atoms with Crippen molar-refractivity contribution in [3.63, 3.8) is 0 Å². The maximum Gasteiger partial charge on any atom is 0.488 e. The van der Waals surface area contributed by atoms with Gasteiger partial charge in [0.05, 0.1) is 29.7 Å². The normalized spacial score (nSPS) is 13.6. The zero-order chi connectivity index (χ0) is 41.4. The number of halogens is 1. The topological polar surface area (TPSA) is 117 Å². The Hall–Kier alpha value is -6.34. The number of fused-ring (bicyclic) bond motifs is 2. The summed E-state index contributed by atoms with van der Waals surface area (Å²) in [6, 6.07) is 48.0. The minimum absolute atomic E-state index is 0.435. The summed E-state index contributed by atoms with van der Waals surface area (Å²) >= 11 is 3.56. The van der Waals surface area contributed by atoms with Gasteiger partial charge in [0.15, 0.2) is 0 Å². The smallest absolute Gasteiger partial charge is 0.488 e. The molecule has 2 N–H and O–H groups in total. The van der Waals surface area contributed by atoms with Crippen molar-refractivity contribution in [1.82, 2.24) is 19.9 Å². The standard InChI is InChI=1S/C24H21N3O.C17H14BrN3.C7H9BO3/c1-28-20-8-4-7-18(14-20)21-9-5-13-25-24(21)27-15-19(16-27)23-12-11-17-6-2-3-10-22(17)26-23;18-14-5-3-9-19-17(14)21-10-13(11-21)16-8-7-12-4-1-2-6-15(12)20-16;1-11-7-4-2-3-6(5-7)8(9)10/h2-14,19H,15-16H2,1H3;1-9,13H,10-11H2;2-5,9-10H,1H3. The molecule has 4 aromatic heterocycles. The van der Waals surface area contributed by atoms with Crippen LogP contribution in [0.3, 0.4) is 0 Å². The summed E-state index contributed by atoms with van der Waals surface area (Å²) < 4.78 is 11.3. The largest absolute Gasteiger partial charge is 0.497 e. The molecule has 60 heavy (non-hydrogen) atoms. The number of rotatable bonds is 8. The minimum atomic E-state index is -1.43. The van der Waals surface area contributed by atoms with E-state index in [9.17, 15) is 0 Å². The van der Waals surface area contributed by atoms with Crippen LogP contribution in [0.2, 0.25) is 0 Å². The predicted molar refractivity (Wildman–Crippen MR) is 244 cm³/mol. The minimum Gasteiger partial charge on any atom is -0.497 e. The van der Waals surface area contributed by atoms with Gasteiger partial charge in [-0.1, -0.05) is 72.8 Å². The molecule has 0 atom stereocenters. The Bertz CT molecular complexity index is 2710. The highest BCUT2D eigenvalue weighted by Crippen LogP contribution is 2.37. The van der Waals surface area contributed by atoms with Crippen LogP contribution < -0.4 is 24.7 Å². The van der Waals surface area contributed by atoms with Gasteiger partial charge in [-0.15, -0.1) is 0 Å². The summed E-state index contributed by atoms with van der Waals surface area (Å²) in [6.45, 7) is 3.81. The number of hydrogen-bond acceptors (Lipinski definition) is 10. The Balaban J connectivity index is 0.000000137. The summed E-state index contributed by atoms with van der Waals surface area (Å²) in [4.78, 5) is 23.4. The number of benzene rings is 4. The van der Waals surface area contributed by atoms with Gasteiger partial charge in [-0.25, -0.2) is 9.97 Å². The fourth-order valence-electron chi connectivity index (χ4n) is 7.37. The van der Waals surface area contributed by atoms with Crippen molar-refractivity contribution in [2.24, 2.45) is 0 Å². The summed E-state index contributed by atoms with van der Waals surface area (Å²) in [5.74, 6) is 4.44. The molecule has 8 aromatic rings. The van der Waals surface area contributed by atoms with Gasteiger partial charge in [0.2, 0.25) is 0 Å². The lowest BCUT2D eigenvalue weighted by Crippen LogP contribution is -2.46. The van der Waals surface area contributed by atoms with Crippen LogP contribution in [0.4, 0.5) is 11.6 Å². The third kappa shape index (κ3) is 9.26. The van der Waals surface area contributed by atoms with Gasteiger partial charge in [-0.05, 0) is 99.8 Å². The van der Waals surface area contributed by atoms with Crippen LogP contribution >= 0.6 is 15.9 Å². The lowest BCUT2D eigenvalue weighted by Gasteiger charge is -2.40. The highest BCUT2D eigenvalue weighted by molar-refractivity contribution is 9.10. The molecule has 6 heterocycles. The molecule has 12 heteroatoms. The molecule has 2 fully saturated rings. The third-order valence-electron chi connectivity index (χ3n) is 10.7. The number of hydrogen-bond donors (Lipinski definition) is 2. The quantitative estimate of drug-likeness (QED) is 0.145. The molecule has 0 radical (unpaired) electrons. The molecule has 10 rings (SSSR count). The number of pyridine rings is 4. The number of aromatic nitrogens is 4. The van der Waals surface area contributed by atoms with E-state index in [0.717, 1.165) is 75.9 Å². The van der Waals surface area contributed by atoms with Gasteiger partial charge < -0.3 is 29.3 Å². The number of anilines is 2. The van der Waals surface area contributed by atoms with E-state index in [0.29, 0.717) is 23.0 Å². The second kappa shape index (κ2) is 18.7. The van der Waals surface area contributed by atoms with E-state index in [4.69, 9.17) is 29.5 Å². The lowest BCUT2D eigenvalue weighted by molar-refractivity contribution is 0.412. The van der Waals surface area contributed by atoms with E-state index in [1.807, 2.05) is 60.9 Å². The Labute approximate surface area is 358 Å². The third-order valence-corrected chi connectivity index (χ3v) is 11.4. The first kappa shape index (κ1) is 40.4. The first-order chi connectivity index (χ1) is 29.4. The highest BCUT2D eigenvalue weighted by Gasteiger charge is 2.32. The van der Waals surface area contributed by atoms with Crippen molar-refractivity contribution in [3.8, 4) is 22.6 Å². The fourth-order valence-corrected chi connectivity index (χ4v) is 7.88. The average Bonchev–Trinajstić information content (AvgIpc) is 3.26. The molecular formula is C48H44BBrN6O4. The van der Waals surface area contributed by atoms with Crippen LogP contribution in [0.5, 0.6) is 11.5 Å². The van der Waals surface area contributed by atoms with Crippen LogP contribution in [0, 0.1) is 0 Å². The summed E-state index contributed by atoms with van der Waals surface area (Å²) in [6.07, 6.45) is 3.70. The van der Waals surface area contributed by atoms with Crippen molar-refractivity contribution in [1.29, 1.82) is 0 Å². The van der Waals surface area contributed by atoms with Crippen LogP contribution in [0.25, 0.3) is 32.9 Å². The molecule has 10 nitrogen and oxygen atoms in total. The average molecular weight is 860 g/mol. The van der Waals surface area contributed by atoms with E-state index < -0.39 is 7.12 Å². The summed E-state index contributed by atoms with van der Waals surface area (Å²) in [5, 5.41) is 19.9. The molecule has 2 aliphatic heterocycles. The van der Waals surface area contributed by atoms with Crippen molar-refractivity contribution < 1.29 is 19.5 Å². The first-order valence-electron chi connectivity index (χ1n) is 19.8. The summed E-state index contributed by atoms with van der Waals surface area (Å²) in [7, 11) is 1.80. The van der Waals surface area contributed by atoms with Gasteiger partial charge in [-0.2, -0.15) is 0 Å². The lowest BCUT2D eigenvalue weighted by atomic mass is 9.80. The molecule has 0 aliphatic carbocycles. The molecule has 0 amide bonds. The van der Waals surface area contributed by atoms with E-state index in [-0.39, 0.29) is 0 Å². The van der Waals surface area contributed by atoms with Crippen LogP contribution in [0.15, 0.2) is 162 Å². The maximum atomic E-state index is 8.74. The molecule has 0 saturated carbocycles. The molecule has 300 valence electrons. The zero-order valence-corrected chi connectivity index (χ0v) is 34.9. The van der Waals surface area contributed by atoms with Crippen molar-refractivity contribution in [2.45, 2.75) is 11.8 Å². The molecule has 4 aromatic carbocycles. The van der Waals surface area contributed by atoms with Gasteiger partial charge in [-0.3, -0.25) is 9.97 Å². The Morgan fingerprint density at radius 3 is 1.68 bits per heavy atom. The second-order valence-corrected chi connectivity index (χ2v) is 15.5. The van der Waals surface area contributed by atoms with Crippen LogP contribution in [0.1, 0.15) is 23.2 Å². The van der Waals surface area contributed by atoms with E-state index in [1.165, 1.54) is 23.6 Å². The number of nitrogens with zero attached hydrogens (tertiary/aromatic N) is 6. The van der Waals surface area contributed by atoms with Gasteiger partial charge in [0.1, 0.15) is 23.1 Å². The van der Waals surface area contributed by atoms with Crippen LogP contribution in [-0.2, 0) is 0 Å². The van der Waals surface area contributed by atoms with Crippen molar-refractivity contribution in [3.05, 3.63) is 174 Å². The summed E-state index contributed by atoms with van der Waals surface area (Å²) in [5.41, 5.74) is 7.16. The van der Waals surface area contributed by atoms with E-state index >= 15 is 0 Å². The number of methoxy groups -OCH3 is 2. The first-order valence-corrected chi connectivity index (χ1v) is 20.6. The Morgan fingerprint density at radius 1 is 0.567 bits per heavy atom. The Morgan fingerprint density at radius 2 is 1.10 bits per heavy atom. The second-order valence-electron chi connectivity index (χ2n) is 14.6. The van der Waals surface area contributed by atoms with E-state index in [1.54, 1.807) is 31.4 Å². The van der Waals surface area contributed by atoms with Crippen molar-refractivity contribution >= 4 is 62.0 Å². The fraction of sp³-hybridized carbons (Fsp3) is 0.167. The molecule has 0 unspecified atom stereocenters. The number of ether oxygens (including phenoxy) is 2. The zero-order valence-electron chi connectivity index (χ0n) is 33.3. The van der Waals surface area contributed by atoms with Gasteiger partial charge in [0, 0.05) is 78.1 Å². The maximum absolute atomic E-state index is 8.74. The molecule has 2 saturated heterocycles. The van der Waals surface area contributed by atoms with Gasteiger partial charge in [0.25, 0.3) is 0 Å². The predicted octanol–water partition coefficient (Wildman–Crippen LogP) is 8.28. The van der Waals surface area contributed by atoms with Gasteiger partial charge >= 0.3 is 7.12 Å². The monoisotopic (exact) mass is 858 g/mol.